The standard InChI is InChI=1S/C23H22N2O3/c1-27-22-10-9-18(14-23(22)28-2)20-11-12-25(24-20)15-21(26)19-8-7-16-5-3-4-6-17(16)13-19/h3-14,21,26H,15H2,1-2H3. The number of aliphatic hydroxyl groups is 1. The molecule has 0 aliphatic heterocycles. The smallest absolute Gasteiger partial charge is 0.161 e. The van der Waals surface area contributed by atoms with E-state index in [4.69, 9.17) is 9.47 Å². The van der Waals surface area contributed by atoms with E-state index in [1.165, 1.54) is 0 Å². The van der Waals surface area contributed by atoms with Gasteiger partial charge < -0.3 is 14.6 Å². The number of nitrogens with zero attached hydrogens (tertiary/aromatic N) is 2. The highest BCUT2D eigenvalue weighted by Gasteiger charge is 2.12. The molecule has 0 spiro atoms. The van der Waals surface area contributed by atoms with Gasteiger partial charge >= 0.3 is 0 Å². The van der Waals surface area contributed by atoms with Crippen LogP contribution in [0.25, 0.3) is 22.0 Å². The Morgan fingerprint density at radius 2 is 1.68 bits per heavy atom. The van der Waals surface area contributed by atoms with Crippen molar-refractivity contribution in [1.29, 1.82) is 0 Å². The van der Waals surface area contributed by atoms with E-state index in [2.05, 4.69) is 17.2 Å². The Kier molecular flexibility index (Phi) is 5.00. The summed E-state index contributed by atoms with van der Waals surface area (Å²) in [6, 6.07) is 21.8. The zero-order valence-corrected chi connectivity index (χ0v) is 15.9. The zero-order chi connectivity index (χ0) is 19.5. The third-order valence-electron chi connectivity index (χ3n) is 4.84. The van der Waals surface area contributed by atoms with Crippen LogP contribution in [0.3, 0.4) is 0 Å². The van der Waals surface area contributed by atoms with Crippen LogP contribution in [-0.2, 0) is 6.54 Å². The van der Waals surface area contributed by atoms with Crippen molar-refractivity contribution in [2.24, 2.45) is 0 Å². The molecule has 4 aromatic rings. The van der Waals surface area contributed by atoms with Crippen LogP contribution in [0, 0.1) is 0 Å². The fourth-order valence-electron chi connectivity index (χ4n) is 3.31. The first-order valence-corrected chi connectivity index (χ1v) is 9.10. The molecular weight excluding hydrogens is 352 g/mol. The van der Waals surface area contributed by atoms with Crippen LogP contribution in [0.4, 0.5) is 0 Å². The average Bonchev–Trinajstić information content (AvgIpc) is 3.21. The Bertz CT molecular complexity index is 1100. The predicted octanol–water partition coefficient (Wildman–Crippen LogP) is 4.45. The minimum atomic E-state index is -0.636. The molecule has 0 aliphatic rings. The monoisotopic (exact) mass is 374 g/mol. The molecule has 0 fully saturated rings. The molecule has 1 aromatic heterocycles. The van der Waals surface area contributed by atoms with Crippen molar-refractivity contribution in [2.75, 3.05) is 14.2 Å². The van der Waals surface area contributed by atoms with Crippen LogP contribution in [0.5, 0.6) is 11.5 Å². The van der Waals surface area contributed by atoms with E-state index in [9.17, 15) is 5.11 Å². The van der Waals surface area contributed by atoms with Crippen LogP contribution in [0.2, 0.25) is 0 Å². The van der Waals surface area contributed by atoms with E-state index >= 15 is 0 Å². The lowest BCUT2D eigenvalue weighted by molar-refractivity contribution is 0.152. The summed E-state index contributed by atoms with van der Waals surface area (Å²) < 4.78 is 12.4. The van der Waals surface area contributed by atoms with E-state index in [-0.39, 0.29) is 0 Å². The highest BCUT2D eigenvalue weighted by atomic mass is 16.5. The molecule has 3 aromatic carbocycles. The van der Waals surface area contributed by atoms with Crippen LogP contribution in [-0.4, -0.2) is 29.1 Å². The van der Waals surface area contributed by atoms with Crippen LogP contribution in [0.1, 0.15) is 11.7 Å². The summed E-state index contributed by atoms with van der Waals surface area (Å²) in [7, 11) is 3.22. The normalized spacial score (nSPS) is 12.1. The van der Waals surface area contributed by atoms with Gasteiger partial charge in [0.1, 0.15) is 0 Å². The third kappa shape index (κ3) is 3.57. The van der Waals surface area contributed by atoms with Crippen molar-refractivity contribution >= 4 is 10.8 Å². The van der Waals surface area contributed by atoms with Gasteiger partial charge in [0.05, 0.1) is 32.6 Å². The Hall–Kier alpha value is -3.31. The van der Waals surface area contributed by atoms with Crippen molar-refractivity contribution < 1.29 is 14.6 Å². The minimum absolute atomic E-state index is 0.381. The van der Waals surface area contributed by atoms with Gasteiger partial charge in [-0.2, -0.15) is 5.10 Å². The van der Waals surface area contributed by atoms with Gasteiger partial charge in [0.15, 0.2) is 11.5 Å². The Morgan fingerprint density at radius 1 is 0.893 bits per heavy atom. The van der Waals surface area contributed by atoms with Crippen molar-refractivity contribution in [3.05, 3.63) is 78.5 Å². The topological polar surface area (TPSA) is 56.5 Å². The molecule has 0 radical (unpaired) electrons. The predicted molar refractivity (Wildman–Crippen MR) is 110 cm³/mol. The summed E-state index contributed by atoms with van der Waals surface area (Å²) in [6.45, 7) is 0.381. The van der Waals surface area contributed by atoms with Gasteiger partial charge in [-0.15, -0.1) is 0 Å². The average molecular weight is 374 g/mol. The van der Waals surface area contributed by atoms with Crippen LogP contribution < -0.4 is 9.47 Å². The molecule has 1 heterocycles. The van der Waals surface area contributed by atoms with Gasteiger partial charge in [-0.25, -0.2) is 0 Å². The molecule has 4 rings (SSSR count). The fraction of sp³-hybridized carbons (Fsp3) is 0.174. The first-order chi connectivity index (χ1) is 13.7. The molecule has 1 N–H and O–H groups in total. The summed E-state index contributed by atoms with van der Waals surface area (Å²) in [5.74, 6) is 1.34. The summed E-state index contributed by atoms with van der Waals surface area (Å²) in [5.41, 5.74) is 2.62. The van der Waals surface area contributed by atoms with E-state index in [0.29, 0.717) is 18.0 Å². The number of aromatic nitrogens is 2. The Morgan fingerprint density at radius 3 is 2.46 bits per heavy atom. The number of rotatable bonds is 6. The minimum Gasteiger partial charge on any atom is -0.493 e. The zero-order valence-electron chi connectivity index (χ0n) is 15.9. The maximum Gasteiger partial charge on any atom is 0.161 e. The molecule has 0 amide bonds. The van der Waals surface area contributed by atoms with Crippen LogP contribution in [0.15, 0.2) is 72.9 Å². The highest BCUT2D eigenvalue weighted by Crippen LogP contribution is 2.31. The molecule has 0 bridgehead atoms. The number of aliphatic hydroxyl groups excluding tert-OH is 1. The van der Waals surface area contributed by atoms with Crippen LogP contribution >= 0.6 is 0 Å². The first kappa shape index (κ1) is 18.1. The first-order valence-electron chi connectivity index (χ1n) is 9.10. The second-order valence-electron chi connectivity index (χ2n) is 6.62. The SMILES string of the molecule is COc1ccc(-c2ccn(CC(O)c3ccc4ccccc4c3)n2)cc1OC. The van der Waals surface area contributed by atoms with Gasteiger partial charge in [-0.3, -0.25) is 4.68 Å². The molecule has 0 saturated heterocycles. The molecule has 1 unspecified atom stereocenters. The Balaban J connectivity index is 1.54. The van der Waals surface area contributed by atoms with Gasteiger partial charge in [0.25, 0.3) is 0 Å². The fourth-order valence-corrected chi connectivity index (χ4v) is 3.31. The number of methoxy groups -OCH3 is 2. The molecule has 0 saturated carbocycles. The maximum atomic E-state index is 10.7. The van der Waals surface area contributed by atoms with Crippen molar-refractivity contribution in [2.45, 2.75) is 12.6 Å². The largest absolute Gasteiger partial charge is 0.493 e. The molecule has 1 atom stereocenters. The highest BCUT2D eigenvalue weighted by molar-refractivity contribution is 5.83. The van der Waals surface area contributed by atoms with Gasteiger partial charge in [-0.05, 0) is 46.7 Å². The number of hydrogen-bond donors (Lipinski definition) is 1. The van der Waals surface area contributed by atoms with Gasteiger partial charge in [0, 0.05) is 11.8 Å². The molecule has 142 valence electrons. The van der Waals surface area contributed by atoms with E-state index in [1.807, 2.05) is 60.8 Å². The maximum absolute atomic E-state index is 10.7. The van der Waals surface area contributed by atoms with Crippen molar-refractivity contribution in [1.82, 2.24) is 9.78 Å². The van der Waals surface area contributed by atoms with Gasteiger partial charge in [-0.1, -0.05) is 36.4 Å². The van der Waals surface area contributed by atoms with E-state index in [0.717, 1.165) is 27.6 Å². The van der Waals surface area contributed by atoms with E-state index in [1.54, 1.807) is 18.9 Å². The van der Waals surface area contributed by atoms with E-state index < -0.39 is 6.10 Å². The number of ether oxygens (including phenoxy) is 2. The molecule has 5 heteroatoms. The summed E-state index contributed by atoms with van der Waals surface area (Å²) in [5, 5.41) is 17.5. The summed E-state index contributed by atoms with van der Waals surface area (Å²) in [4.78, 5) is 0. The number of fused-ring (bicyclic) bond motifs is 1. The summed E-state index contributed by atoms with van der Waals surface area (Å²) in [6.07, 6.45) is 1.24. The Labute approximate surface area is 163 Å². The second-order valence-corrected chi connectivity index (χ2v) is 6.62. The lowest BCUT2D eigenvalue weighted by atomic mass is 10.0. The van der Waals surface area contributed by atoms with Crippen molar-refractivity contribution in [3.63, 3.8) is 0 Å². The number of benzene rings is 3. The molecular formula is C23H22N2O3. The van der Waals surface area contributed by atoms with Gasteiger partial charge in [0.2, 0.25) is 0 Å². The lowest BCUT2D eigenvalue weighted by Crippen LogP contribution is -2.09. The molecule has 28 heavy (non-hydrogen) atoms. The lowest BCUT2D eigenvalue weighted by Gasteiger charge is -2.12. The third-order valence-corrected chi connectivity index (χ3v) is 4.84. The molecule has 5 nitrogen and oxygen atoms in total. The summed E-state index contributed by atoms with van der Waals surface area (Å²) >= 11 is 0. The quantitative estimate of drug-likeness (QED) is 0.542. The number of hydrogen-bond acceptors (Lipinski definition) is 4. The second kappa shape index (κ2) is 7.74. The van der Waals surface area contributed by atoms with Crippen molar-refractivity contribution in [3.8, 4) is 22.8 Å². The molecule has 0 aliphatic carbocycles.